The van der Waals surface area contributed by atoms with E-state index in [9.17, 15) is 4.79 Å². The second-order valence-corrected chi connectivity index (χ2v) is 3.17. The highest BCUT2D eigenvalue weighted by Gasteiger charge is 2.00. The van der Waals surface area contributed by atoms with Crippen molar-refractivity contribution in [1.82, 2.24) is 0 Å². The Morgan fingerprint density at radius 1 is 1.27 bits per heavy atom. The zero-order valence-electron chi connectivity index (χ0n) is 7.92. The number of allylic oxidation sites excluding steroid dienone is 2. The Morgan fingerprint density at radius 2 is 2.00 bits per heavy atom. The van der Waals surface area contributed by atoms with Gasteiger partial charge in [-0.2, -0.15) is 0 Å². The van der Waals surface area contributed by atoms with Crippen molar-refractivity contribution in [2.75, 3.05) is 0 Å². The summed E-state index contributed by atoms with van der Waals surface area (Å²) >= 11 is 0. The van der Waals surface area contributed by atoms with Crippen molar-refractivity contribution in [3.05, 3.63) is 53.2 Å². The molecular weight excluding hydrogens is 190 g/mol. The zero-order chi connectivity index (χ0) is 10.7. The van der Waals surface area contributed by atoms with Crippen LogP contribution in [0.3, 0.4) is 0 Å². The van der Waals surface area contributed by atoms with E-state index >= 15 is 0 Å². The smallest absolute Gasteiger partial charge is 0.335 e. The molecule has 74 valence electrons. The van der Waals surface area contributed by atoms with Gasteiger partial charge in [0.2, 0.25) is 0 Å². The highest BCUT2D eigenvalue weighted by molar-refractivity contribution is 5.92. The van der Waals surface area contributed by atoms with Gasteiger partial charge >= 0.3 is 5.97 Å². The lowest BCUT2D eigenvalue weighted by atomic mass is 10.1. The molecule has 0 saturated carbocycles. The Labute approximate surface area is 87.1 Å². The Kier molecular flexibility index (Phi) is 2.46. The van der Waals surface area contributed by atoms with Crippen molar-refractivity contribution in [1.29, 1.82) is 0 Å². The molecule has 1 aliphatic heterocycles. The lowest BCUT2D eigenvalue weighted by molar-refractivity contribution is 0.0697. The molecule has 0 unspecified atom stereocenters. The third kappa shape index (κ3) is 2.20. The number of rotatable bonds is 2. The van der Waals surface area contributed by atoms with Crippen molar-refractivity contribution in [3.8, 4) is 0 Å². The number of nitrogens with zero attached hydrogens (tertiary/aromatic N) is 1. The first-order chi connectivity index (χ1) is 7.25. The van der Waals surface area contributed by atoms with Gasteiger partial charge < -0.3 is 5.11 Å². The molecule has 0 radical (unpaired) electrons. The molecule has 1 heterocycles. The summed E-state index contributed by atoms with van der Waals surface area (Å²) in [4.78, 5) is 14.5. The SMILES string of the molecule is O=C(O)c1ccc(C=C2C=CN=C2)cc1. The quantitative estimate of drug-likeness (QED) is 0.794. The summed E-state index contributed by atoms with van der Waals surface area (Å²) in [6, 6.07) is 6.72. The zero-order valence-corrected chi connectivity index (χ0v) is 7.92. The molecule has 0 amide bonds. The minimum absolute atomic E-state index is 0.299. The van der Waals surface area contributed by atoms with Crippen LogP contribution in [0.4, 0.5) is 0 Å². The molecule has 1 N–H and O–H groups in total. The third-order valence-electron chi connectivity index (χ3n) is 2.07. The molecule has 1 aliphatic rings. The Bertz CT molecular complexity index is 453. The first kappa shape index (κ1) is 9.40. The maximum atomic E-state index is 10.6. The molecule has 0 bridgehead atoms. The molecule has 0 fully saturated rings. The van der Waals surface area contributed by atoms with Crippen LogP contribution in [0, 0.1) is 0 Å². The average molecular weight is 199 g/mol. The Balaban J connectivity index is 2.24. The van der Waals surface area contributed by atoms with Crippen LogP contribution in [0.15, 0.2) is 47.1 Å². The van der Waals surface area contributed by atoms with E-state index in [2.05, 4.69) is 4.99 Å². The molecular formula is C12H9NO2. The molecule has 1 aromatic rings. The fourth-order valence-electron chi connectivity index (χ4n) is 1.30. The van der Waals surface area contributed by atoms with Crippen molar-refractivity contribution in [2.24, 2.45) is 4.99 Å². The molecule has 0 aliphatic carbocycles. The lowest BCUT2D eigenvalue weighted by Crippen LogP contribution is -1.94. The highest BCUT2D eigenvalue weighted by atomic mass is 16.4. The minimum Gasteiger partial charge on any atom is -0.478 e. The molecule has 0 aromatic heterocycles. The van der Waals surface area contributed by atoms with Gasteiger partial charge in [-0.3, -0.25) is 4.99 Å². The Hall–Kier alpha value is -2.16. The van der Waals surface area contributed by atoms with Crippen LogP contribution in [0.2, 0.25) is 0 Å². The van der Waals surface area contributed by atoms with Gasteiger partial charge in [0.05, 0.1) is 5.56 Å². The van der Waals surface area contributed by atoms with Crippen molar-refractivity contribution >= 4 is 18.3 Å². The molecule has 3 nitrogen and oxygen atoms in total. The van der Waals surface area contributed by atoms with Gasteiger partial charge in [0.15, 0.2) is 0 Å². The van der Waals surface area contributed by atoms with Crippen LogP contribution in [-0.2, 0) is 0 Å². The van der Waals surface area contributed by atoms with E-state index in [0.29, 0.717) is 5.56 Å². The molecule has 1 aromatic carbocycles. The normalized spacial score (nSPS) is 16.1. The predicted octanol–water partition coefficient (Wildman–Crippen LogP) is 2.37. The number of hydrogen-bond acceptors (Lipinski definition) is 2. The van der Waals surface area contributed by atoms with Crippen LogP contribution in [-0.4, -0.2) is 17.3 Å². The van der Waals surface area contributed by atoms with Crippen molar-refractivity contribution < 1.29 is 9.90 Å². The maximum absolute atomic E-state index is 10.6. The summed E-state index contributed by atoms with van der Waals surface area (Å²) in [7, 11) is 0. The summed E-state index contributed by atoms with van der Waals surface area (Å²) < 4.78 is 0. The molecule has 3 heteroatoms. The monoisotopic (exact) mass is 199 g/mol. The number of aromatic carboxylic acids is 1. The molecule has 0 spiro atoms. The number of carbonyl (C=O) groups is 1. The van der Waals surface area contributed by atoms with Crippen LogP contribution < -0.4 is 0 Å². The molecule has 2 rings (SSSR count). The fourth-order valence-corrected chi connectivity index (χ4v) is 1.30. The van der Waals surface area contributed by atoms with E-state index in [1.54, 1.807) is 36.7 Å². The summed E-state index contributed by atoms with van der Waals surface area (Å²) in [5, 5.41) is 8.71. The van der Waals surface area contributed by atoms with Gasteiger partial charge in [-0.25, -0.2) is 4.79 Å². The standard InChI is InChI=1S/C12H9NO2/c14-12(15)11-3-1-9(2-4-11)7-10-5-6-13-8-10/h1-8H,(H,14,15). The van der Waals surface area contributed by atoms with Gasteiger partial charge in [0, 0.05) is 12.4 Å². The van der Waals surface area contributed by atoms with Crippen LogP contribution in [0.5, 0.6) is 0 Å². The second-order valence-electron chi connectivity index (χ2n) is 3.17. The van der Waals surface area contributed by atoms with Crippen LogP contribution in [0.1, 0.15) is 15.9 Å². The second kappa shape index (κ2) is 3.92. The number of aliphatic imine (C=N–C) groups is 1. The molecule has 0 atom stereocenters. The molecule has 15 heavy (non-hydrogen) atoms. The molecule has 0 saturated heterocycles. The van der Waals surface area contributed by atoms with Gasteiger partial charge in [-0.15, -0.1) is 0 Å². The van der Waals surface area contributed by atoms with E-state index in [1.807, 2.05) is 12.2 Å². The number of hydrogen-bond donors (Lipinski definition) is 1. The van der Waals surface area contributed by atoms with Gasteiger partial charge in [0.25, 0.3) is 0 Å². The van der Waals surface area contributed by atoms with E-state index in [0.717, 1.165) is 11.1 Å². The summed E-state index contributed by atoms with van der Waals surface area (Å²) in [6.07, 6.45) is 7.31. The van der Waals surface area contributed by atoms with E-state index < -0.39 is 5.97 Å². The third-order valence-corrected chi connectivity index (χ3v) is 2.07. The van der Waals surface area contributed by atoms with E-state index in [-0.39, 0.29) is 0 Å². The van der Waals surface area contributed by atoms with Crippen molar-refractivity contribution in [2.45, 2.75) is 0 Å². The topological polar surface area (TPSA) is 49.7 Å². The van der Waals surface area contributed by atoms with E-state index in [1.165, 1.54) is 0 Å². The van der Waals surface area contributed by atoms with Gasteiger partial charge in [-0.1, -0.05) is 12.1 Å². The fraction of sp³-hybridized carbons (Fsp3) is 0. The largest absolute Gasteiger partial charge is 0.478 e. The minimum atomic E-state index is -0.906. The van der Waals surface area contributed by atoms with Crippen LogP contribution >= 0.6 is 0 Å². The number of benzene rings is 1. The predicted molar refractivity (Wildman–Crippen MR) is 59.0 cm³/mol. The Morgan fingerprint density at radius 3 is 2.53 bits per heavy atom. The van der Waals surface area contributed by atoms with E-state index in [4.69, 9.17) is 5.11 Å². The summed E-state index contributed by atoms with van der Waals surface area (Å²) in [5.74, 6) is -0.906. The number of carboxylic acids is 1. The average Bonchev–Trinajstić information content (AvgIpc) is 2.71. The summed E-state index contributed by atoms with van der Waals surface area (Å²) in [6.45, 7) is 0. The lowest BCUT2D eigenvalue weighted by Gasteiger charge is -1.96. The van der Waals surface area contributed by atoms with Crippen molar-refractivity contribution in [3.63, 3.8) is 0 Å². The first-order valence-corrected chi connectivity index (χ1v) is 4.50. The van der Waals surface area contributed by atoms with Gasteiger partial charge in [-0.05, 0) is 35.4 Å². The van der Waals surface area contributed by atoms with Gasteiger partial charge in [0.1, 0.15) is 0 Å². The highest BCUT2D eigenvalue weighted by Crippen LogP contribution is 2.11. The number of carboxylic acid groups (broad SMARTS) is 1. The first-order valence-electron chi connectivity index (χ1n) is 4.50. The maximum Gasteiger partial charge on any atom is 0.335 e. The summed E-state index contributed by atoms with van der Waals surface area (Å²) in [5.41, 5.74) is 2.28. The van der Waals surface area contributed by atoms with Crippen LogP contribution in [0.25, 0.3) is 6.08 Å².